The molecule has 1 heterocycles. The first-order valence-corrected chi connectivity index (χ1v) is 28.5. The number of carbonyl (C=O) groups excluding carboxylic acids is 1. The van der Waals surface area contributed by atoms with Gasteiger partial charge in [0.05, 0.1) is 6.54 Å². The van der Waals surface area contributed by atoms with Gasteiger partial charge in [0.2, 0.25) is 5.91 Å². The van der Waals surface area contributed by atoms with E-state index in [0.717, 1.165) is 38.6 Å². The number of likely N-dealkylation sites (tertiary alicyclic amines) is 1. The van der Waals surface area contributed by atoms with Crippen LogP contribution < -0.4 is 0 Å². The first kappa shape index (κ1) is 58.4. The highest BCUT2D eigenvalue weighted by Gasteiger charge is 2.25. The third-order valence-electron chi connectivity index (χ3n) is 14.3. The molecule has 0 bridgehead atoms. The zero-order chi connectivity index (χ0) is 44.1. The number of nitrogens with zero attached hydrogens (tertiary/aromatic N) is 4. The zero-order valence-electron chi connectivity index (χ0n) is 42.9. The third kappa shape index (κ3) is 37.3. The summed E-state index contributed by atoms with van der Waals surface area (Å²) in [5, 5.41) is 0. The fourth-order valence-electron chi connectivity index (χ4n) is 9.81. The first-order valence-electron chi connectivity index (χ1n) is 28.5. The first-order chi connectivity index (χ1) is 30.1. The lowest BCUT2D eigenvalue weighted by molar-refractivity contribution is -0.134. The molecule has 0 aliphatic carbocycles. The molecule has 364 valence electrons. The fraction of sp³-hybridized carbons (Fsp3) is 0.982. The van der Waals surface area contributed by atoms with Crippen molar-refractivity contribution in [1.29, 1.82) is 0 Å². The van der Waals surface area contributed by atoms with Crippen LogP contribution >= 0.6 is 0 Å². The number of unbranched alkanes of at least 4 members (excludes halogenated alkanes) is 30. The molecule has 1 amide bonds. The normalized spacial score (nSPS) is 13.8. The van der Waals surface area contributed by atoms with Crippen molar-refractivity contribution in [3.63, 3.8) is 0 Å². The average molecular weight is 860 g/mol. The molecule has 0 aromatic carbocycles. The largest absolute Gasteiger partial charge is 0.342 e. The highest BCUT2D eigenvalue weighted by Crippen LogP contribution is 2.22. The van der Waals surface area contributed by atoms with E-state index >= 15 is 0 Å². The molecule has 0 aromatic rings. The third-order valence-corrected chi connectivity index (χ3v) is 14.3. The van der Waals surface area contributed by atoms with Gasteiger partial charge in [0, 0.05) is 26.2 Å². The van der Waals surface area contributed by atoms with Crippen LogP contribution in [0, 0.1) is 5.92 Å². The highest BCUT2D eigenvalue weighted by molar-refractivity contribution is 5.78. The van der Waals surface area contributed by atoms with E-state index in [4.69, 9.17) is 0 Å². The molecule has 0 aromatic heterocycles. The fourth-order valence-corrected chi connectivity index (χ4v) is 9.81. The number of hydrogen-bond donors (Lipinski definition) is 0. The predicted molar refractivity (Wildman–Crippen MR) is 273 cm³/mol. The number of carbonyl (C=O) groups is 1. The second kappa shape index (κ2) is 45.9. The number of piperidine rings is 1. The van der Waals surface area contributed by atoms with Crippen molar-refractivity contribution in [3.8, 4) is 0 Å². The van der Waals surface area contributed by atoms with E-state index < -0.39 is 0 Å². The van der Waals surface area contributed by atoms with Gasteiger partial charge in [-0.3, -0.25) is 9.69 Å². The molecular formula is C56H114N4O. The molecule has 61 heavy (non-hydrogen) atoms. The monoisotopic (exact) mass is 859 g/mol. The minimum atomic E-state index is 0.409. The van der Waals surface area contributed by atoms with Gasteiger partial charge in [0.15, 0.2) is 0 Å². The Bertz CT molecular complexity index is 839. The summed E-state index contributed by atoms with van der Waals surface area (Å²) >= 11 is 0. The maximum atomic E-state index is 14.0. The molecule has 0 atom stereocenters. The summed E-state index contributed by atoms with van der Waals surface area (Å²) in [4.78, 5) is 24.5. The summed E-state index contributed by atoms with van der Waals surface area (Å²) in [6.07, 6.45) is 52.1. The van der Waals surface area contributed by atoms with Gasteiger partial charge in [-0.1, -0.05) is 227 Å². The number of rotatable bonds is 48. The SMILES string of the molecule is CCCCCCCCCN(CCCCCCCCC)CCC1CCN(C(=O)CN(CCCCCCCCC)CCN(CCCCCCCCC)CCCCCCCCC)CC1. The van der Waals surface area contributed by atoms with Crippen molar-refractivity contribution in [1.82, 2.24) is 19.6 Å². The Labute approximate surface area is 385 Å². The van der Waals surface area contributed by atoms with E-state index in [1.54, 1.807) is 0 Å². The molecule has 0 saturated carbocycles. The van der Waals surface area contributed by atoms with Gasteiger partial charge in [-0.05, 0) is 96.6 Å². The zero-order valence-corrected chi connectivity index (χ0v) is 42.9. The Morgan fingerprint density at radius 2 is 0.607 bits per heavy atom. The molecule has 0 N–H and O–H groups in total. The van der Waals surface area contributed by atoms with Crippen molar-refractivity contribution in [2.45, 2.75) is 279 Å². The second-order valence-electron chi connectivity index (χ2n) is 20.2. The molecule has 5 heteroatoms. The van der Waals surface area contributed by atoms with Crippen molar-refractivity contribution in [2.24, 2.45) is 5.92 Å². The smallest absolute Gasteiger partial charge is 0.236 e. The van der Waals surface area contributed by atoms with Gasteiger partial charge in [-0.25, -0.2) is 0 Å². The molecule has 1 rings (SSSR count). The summed E-state index contributed by atoms with van der Waals surface area (Å²) in [6.45, 7) is 23.8. The average Bonchev–Trinajstić information content (AvgIpc) is 3.27. The van der Waals surface area contributed by atoms with Crippen molar-refractivity contribution < 1.29 is 4.79 Å². The molecule has 0 radical (unpaired) electrons. The van der Waals surface area contributed by atoms with Gasteiger partial charge >= 0.3 is 0 Å². The molecule has 1 fully saturated rings. The van der Waals surface area contributed by atoms with Crippen LogP contribution in [0.2, 0.25) is 0 Å². The van der Waals surface area contributed by atoms with Crippen LogP contribution in [-0.4, -0.2) is 97.5 Å². The standard InChI is InChI=1S/C56H114N4O/c1-6-11-16-21-26-31-36-44-57(45-37-32-27-22-17-12-7-2)49-41-55-42-50-60(51-43-55)56(61)54-59(48-40-35-30-25-20-15-10-5)53-52-58(46-38-33-28-23-18-13-8-3)47-39-34-29-24-19-14-9-4/h55H,6-54H2,1-5H3. The van der Waals surface area contributed by atoms with Crippen LogP contribution in [0.3, 0.4) is 0 Å². The lowest BCUT2D eigenvalue weighted by atomic mass is 9.93. The van der Waals surface area contributed by atoms with Crippen LogP contribution in [0.1, 0.15) is 279 Å². The topological polar surface area (TPSA) is 30.0 Å². The van der Waals surface area contributed by atoms with E-state index in [-0.39, 0.29) is 0 Å². The Kier molecular flexibility index (Phi) is 43.9. The Morgan fingerprint density at radius 1 is 0.344 bits per heavy atom. The van der Waals surface area contributed by atoms with Crippen LogP contribution in [-0.2, 0) is 4.79 Å². The van der Waals surface area contributed by atoms with E-state index in [1.165, 1.54) is 277 Å². The lowest BCUT2D eigenvalue weighted by Crippen LogP contribution is -2.46. The van der Waals surface area contributed by atoms with E-state index in [1.807, 2.05) is 0 Å². The second-order valence-corrected chi connectivity index (χ2v) is 20.2. The van der Waals surface area contributed by atoms with Crippen molar-refractivity contribution in [3.05, 3.63) is 0 Å². The number of amides is 1. The van der Waals surface area contributed by atoms with Crippen molar-refractivity contribution >= 4 is 5.91 Å². The minimum Gasteiger partial charge on any atom is -0.342 e. The highest BCUT2D eigenvalue weighted by atomic mass is 16.2. The number of hydrogen-bond acceptors (Lipinski definition) is 4. The summed E-state index contributed by atoms with van der Waals surface area (Å²) in [5.41, 5.74) is 0. The van der Waals surface area contributed by atoms with Gasteiger partial charge in [-0.15, -0.1) is 0 Å². The Hall–Kier alpha value is -0.650. The molecule has 1 saturated heterocycles. The summed E-state index contributed by atoms with van der Waals surface area (Å²) in [7, 11) is 0. The van der Waals surface area contributed by atoms with Crippen LogP contribution in [0.15, 0.2) is 0 Å². The quantitative estimate of drug-likeness (QED) is 0.0570. The van der Waals surface area contributed by atoms with Crippen molar-refractivity contribution in [2.75, 3.05) is 72.0 Å². The van der Waals surface area contributed by atoms with E-state index in [2.05, 4.69) is 54.2 Å². The molecule has 0 spiro atoms. The maximum absolute atomic E-state index is 14.0. The summed E-state index contributed by atoms with van der Waals surface area (Å²) in [6, 6.07) is 0. The Balaban J connectivity index is 2.70. The van der Waals surface area contributed by atoms with E-state index in [9.17, 15) is 4.79 Å². The maximum Gasteiger partial charge on any atom is 0.236 e. The van der Waals surface area contributed by atoms with Crippen LogP contribution in [0.4, 0.5) is 0 Å². The van der Waals surface area contributed by atoms with Gasteiger partial charge in [0.25, 0.3) is 0 Å². The van der Waals surface area contributed by atoms with Gasteiger partial charge < -0.3 is 14.7 Å². The van der Waals surface area contributed by atoms with Gasteiger partial charge in [0.1, 0.15) is 0 Å². The minimum absolute atomic E-state index is 0.409. The van der Waals surface area contributed by atoms with Gasteiger partial charge in [-0.2, -0.15) is 0 Å². The molecule has 1 aliphatic rings. The molecule has 5 nitrogen and oxygen atoms in total. The summed E-state index contributed by atoms with van der Waals surface area (Å²) < 4.78 is 0. The van der Waals surface area contributed by atoms with E-state index in [0.29, 0.717) is 12.5 Å². The van der Waals surface area contributed by atoms with Crippen LogP contribution in [0.5, 0.6) is 0 Å². The molecule has 1 aliphatic heterocycles. The predicted octanol–water partition coefficient (Wildman–Crippen LogP) is 16.3. The van der Waals surface area contributed by atoms with Crippen LogP contribution in [0.25, 0.3) is 0 Å². The lowest BCUT2D eigenvalue weighted by Gasteiger charge is -2.35. The Morgan fingerprint density at radius 3 is 0.934 bits per heavy atom. The molecular weight excluding hydrogens is 745 g/mol. The molecule has 0 unspecified atom stereocenters. The summed E-state index contributed by atoms with van der Waals surface area (Å²) in [5.74, 6) is 1.19.